The van der Waals surface area contributed by atoms with Crippen molar-refractivity contribution < 1.29 is 14.3 Å². The van der Waals surface area contributed by atoms with Gasteiger partial charge in [0, 0.05) is 7.05 Å². The van der Waals surface area contributed by atoms with Crippen molar-refractivity contribution in [3.63, 3.8) is 0 Å². The third-order valence-electron chi connectivity index (χ3n) is 3.13. The van der Waals surface area contributed by atoms with Gasteiger partial charge in [0.1, 0.15) is 25.1 Å². The molecule has 1 aromatic carbocycles. The Morgan fingerprint density at radius 3 is 2.84 bits per heavy atom. The molecule has 0 aliphatic carbocycles. The van der Waals surface area contributed by atoms with Gasteiger partial charge in [-0.05, 0) is 17.7 Å². The third-order valence-corrected chi connectivity index (χ3v) is 3.41. The van der Waals surface area contributed by atoms with Gasteiger partial charge in [0.2, 0.25) is 0 Å². The molecule has 6 nitrogen and oxygen atoms in total. The maximum atomic E-state index is 11.5. The average Bonchev–Trinajstić information content (AvgIpc) is 2.63. The quantitative estimate of drug-likeness (QED) is 0.848. The molecule has 0 bridgehead atoms. The number of ether oxygens (including phenoxy) is 2. The number of amides is 2. The van der Waals surface area contributed by atoms with Crippen molar-refractivity contribution in [2.75, 3.05) is 20.3 Å². The number of hydrogen-bond acceptors (Lipinski definition) is 4. The first-order valence-electron chi connectivity index (χ1n) is 5.78. The van der Waals surface area contributed by atoms with Crippen molar-refractivity contribution in [3.05, 3.63) is 22.7 Å². The van der Waals surface area contributed by atoms with Gasteiger partial charge in [-0.1, -0.05) is 11.6 Å². The lowest BCUT2D eigenvalue weighted by atomic mass is 10.0. The van der Waals surface area contributed by atoms with Crippen molar-refractivity contribution in [1.82, 2.24) is 4.90 Å². The normalized spacial score (nSPS) is 21.6. The van der Waals surface area contributed by atoms with Crippen LogP contribution in [0.2, 0.25) is 5.02 Å². The zero-order valence-corrected chi connectivity index (χ0v) is 11.0. The number of urea groups is 1. The van der Waals surface area contributed by atoms with Crippen LogP contribution < -0.4 is 15.2 Å². The summed E-state index contributed by atoms with van der Waals surface area (Å²) in [7, 11) is 1.64. The van der Waals surface area contributed by atoms with Crippen molar-refractivity contribution in [3.8, 4) is 11.5 Å². The number of likely N-dealkylation sites (N-methyl/N-ethyl adjacent to an activating group) is 1. The highest BCUT2D eigenvalue weighted by atomic mass is 35.5. The second kappa shape index (κ2) is 4.31. The molecule has 2 amide bonds. The minimum absolute atomic E-state index is 0.250. The molecule has 0 aromatic heterocycles. The number of benzene rings is 1. The fourth-order valence-electron chi connectivity index (χ4n) is 2.24. The summed E-state index contributed by atoms with van der Waals surface area (Å²) < 4.78 is 11.0. The Labute approximate surface area is 114 Å². The summed E-state index contributed by atoms with van der Waals surface area (Å²) in [5.41, 5.74) is 6.54. The van der Waals surface area contributed by atoms with Gasteiger partial charge in [-0.3, -0.25) is 0 Å². The van der Waals surface area contributed by atoms with Gasteiger partial charge in [0.25, 0.3) is 0 Å². The topological polar surface area (TPSA) is 77.2 Å². The number of rotatable bonds is 1. The summed E-state index contributed by atoms with van der Waals surface area (Å²) in [5, 5.41) is 0.438. The number of hydrogen-bond donors (Lipinski definition) is 1. The SMILES string of the molecule is CN1C(=O)N=C(N)C1c1cc(Cl)c2c(c1)OCCO2. The van der Waals surface area contributed by atoms with Gasteiger partial charge in [0.15, 0.2) is 11.5 Å². The highest BCUT2D eigenvalue weighted by molar-refractivity contribution is 6.32. The molecule has 2 heterocycles. The van der Waals surface area contributed by atoms with E-state index in [9.17, 15) is 4.79 Å². The zero-order valence-electron chi connectivity index (χ0n) is 10.2. The molecule has 100 valence electrons. The van der Waals surface area contributed by atoms with Gasteiger partial charge < -0.3 is 20.1 Å². The van der Waals surface area contributed by atoms with Crippen LogP contribution in [0.4, 0.5) is 4.79 Å². The second-order valence-corrected chi connectivity index (χ2v) is 4.77. The number of aliphatic imine (C=N–C) groups is 1. The standard InChI is InChI=1S/C12H12ClN3O3/c1-16-9(11(14)15-12(16)17)6-4-7(13)10-8(5-6)18-2-3-19-10/h4-5,9H,2-3H2,1H3,(H2,14,15,17). The van der Waals surface area contributed by atoms with Crippen LogP contribution in [0.5, 0.6) is 11.5 Å². The van der Waals surface area contributed by atoms with E-state index >= 15 is 0 Å². The highest BCUT2D eigenvalue weighted by Gasteiger charge is 2.33. The maximum Gasteiger partial charge on any atom is 0.345 e. The van der Waals surface area contributed by atoms with Gasteiger partial charge >= 0.3 is 6.03 Å². The van der Waals surface area contributed by atoms with Gasteiger partial charge in [-0.2, -0.15) is 4.99 Å². The number of nitrogens with two attached hydrogens (primary N) is 1. The van der Waals surface area contributed by atoms with E-state index in [1.54, 1.807) is 19.2 Å². The van der Waals surface area contributed by atoms with E-state index < -0.39 is 6.04 Å². The molecule has 1 atom stereocenters. The fraction of sp³-hybridized carbons (Fsp3) is 0.333. The predicted molar refractivity (Wildman–Crippen MR) is 70.0 cm³/mol. The van der Waals surface area contributed by atoms with E-state index in [4.69, 9.17) is 26.8 Å². The molecule has 3 rings (SSSR count). The molecule has 0 spiro atoms. The molecule has 2 aliphatic heterocycles. The second-order valence-electron chi connectivity index (χ2n) is 4.36. The largest absolute Gasteiger partial charge is 0.486 e. The van der Waals surface area contributed by atoms with Gasteiger partial charge in [-0.15, -0.1) is 0 Å². The number of carbonyl (C=O) groups is 1. The number of halogens is 1. The Kier molecular flexibility index (Phi) is 2.74. The van der Waals surface area contributed by atoms with Gasteiger partial charge in [0.05, 0.1) is 5.02 Å². The maximum absolute atomic E-state index is 11.5. The Morgan fingerprint density at radius 1 is 1.42 bits per heavy atom. The summed E-state index contributed by atoms with van der Waals surface area (Å²) in [4.78, 5) is 16.7. The van der Waals surface area contributed by atoms with E-state index in [0.717, 1.165) is 5.56 Å². The number of fused-ring (bicyclic) bond motifs is 1. The molecule has 0 saturated heterocycles. The first kappa shape index (κ1) is 12.1. The molecule has 0 radical (unpaired) electrons. The van der Waals surface area contributed by atoms with Crippen molar-refractivity contribution in [2.24, 2.45) is 10.7 Å². The Hall–Kier alpha value is -1.95. The fourth-order valence-corrected chi connectivity index (χ4v) is 2.52. The van der Waals surface area contributed by atoms with Crippen LogP contribution in [0.25, 0.3) is 0 Å². The monoisotopic (exact) mass is 281 g/mol. The summed E-state index contributed by atoms with van der Waals surface area (Å²) >= 11 is 6.17. The van der Waals surface area contributed by atoms with Crippen LogP contribution in [0.3, 0.4) is 0 Å². The Balaban J connectivity index is 2.05. The lowest BCUT2D eigenvalue weighted by molar-refractivity contribution is 0.171. The van der Waals surface area contributed by atoms with E-state index in [2.05, 4.69) is 4.99 Å². The summed E-state index contributed by atoms with van der Waals surface area (Å²) in [6.45, 7) is 0.938. The molecule has 2 aliphatic rings. The van der Waals surface area contributed by atoms with Crippen LogP contribution in [-0.4, -0.2) is 37.0 Å². The first-order chi connectivity index (χ1) is 9.08. The number of nitrogens with zero attached hydrogens (tertiary/aromatic N) is 2. The summed E-state index contributed by atoms with van der Waals surface area (Å²) in [5.74, 6) is 1.34. The molecule has 2 N–H and O–H groups in total. The highest BCUT2D eigenvalue weighted by Crippen LogP contribution is 2.41. The Bertz CT molecular complexity index is 588. The minimum Gasteiger partial charge on any atom is -0.486 e. The summed E-state index contributed by atoms with van der Waals surface area (Å²) in [6, 6.07) is 2.72. The van der Waals surface area contributed by atoms with E-state index in [-0.39, 0.29) is 11.9 Å². The van der Waals surface area contributed by atoms with Crippen LogP contribution in [-0.2, 0) is 0 Å². The van der Waals surface area contributed by atoms with Gasteiger partial charge in [-0.25, -0.2) is 4.79 Å². The van der Waals surface area contributed by atoms with E-state index in [0.29, 0.717) is 29.7 Å². The lowest BCUT2D eigenvalue weighted by Crippen LogP contribution is -2.30. The number of carbonyl (C=O) groups excluding carboxylic acids is 1. The van der Waals surface area contributed by atoms with Crippen molar-refractivity contribution in [1.29, 1.82) is 0 Å². The van der Waals surface area contributed by atoms with Crippen molar-refractivity contribution in [2.45, 2.75) is 6.04 Å². The van der Waals surface area contributed by atoms with Crippen LogP contribution in [0.15, 0.2) is 17.1 Å². The van der Waals surface area contributed by atoms with Crippen LogP contribution in [0.1, 0.15) is 11.6 Å². The number of amidine groups is 1. The Morgan fingerprint density at radius 2 is 2.16 bits per heavy atom. The lowest BCUT2D eigenvalue weighted by Gasteiger charge is -2.24. The average molecular weight is 282 g/mol. The molecule has 1 aromatic rings. The molecular weight excluding hydrogens is 270 g/mol. The molecule has 19 heavy (non-hydrogen) atoms. The summed E-state index contributed by atoms with van der Waals surface area (Å²) in [6.07, 6.45) is 0. The van der Waals surface area contributed by atoms with Crippen molar-refractivity contribution >= 4 is 23.5 Å². The zero-order chi connectivity index (χ0) is 13.6. The first-order valence-corrected chi connectivity index (χ1v) is 6.15. The molecular formula is C12H12ClN3O3. The predicted octanol–water partition coefficient (Wildman–Crippen LogP) is 1.57. The van der Waals surface area contributed by atoms with E-state index in [1.807, 2.05) is 0 Å². The molecule has 7 heteroatoms. The van der Waals surface area contributed by atoms with E-state index in [1.165, 1.54) is 4.90 Å². The van der Waals surface area contributed by atoms with Crippen LogP contribution >= 0.6 is 11.6 Å². The molecule has 1 unspecified atom stereocenters. The minimum atomic E-state index is -0.416. The smallest absolute Gasteiger partial charge is 0.345 e. The molecule has 0 fully saturated rings. The third kappa shape index (κ3) is 1.88. The molecule has 0 saturated carbocycles. The van der Waals surface area contributed by atoms with Crippen LogP contribution in [0, 0.1) is 0 Å².